The summed E-state index contributed by atoms with van der Waals surface area (Å²) >= 11 is 0.220. The van der Waals surface area contributed by atoms with Gasteiger partial charge >= 0.3 is 10.4 Å². The molecule has 6 nitrogen and oxygen atoms in total. The summed E-state index contributed by atoms with van der Waals surface area (Å²) in [4.78, 5) is -0.0253. The molecular formula is C6H6NiO6S2. The second-order valence-electron chi connectivity index (χ2n) is 2.23. The zero-order chi connectivity index (χ0) is 10.8. The predicted octanol–water partition coefficient (Wildman–Crippen LogP) is 0.922. The number of rotatable bonds is 3. The molecule has 0 heterocycles. The van der Waals surface area contributed by atoms with E-state index in [0.29, 0.717) is 0 Å². The van der Waals surface area contributed by atoms with Gasteiger partial charge in [-0.15, -0.1) is 0 Å². The molecule has 0 aliphatic carbocycles. The maximum atomic E-state index is 10.2. The number of phenols is 2. The van der Waals surface area contributed by atoms with Crippen LogP contribution in [0.25, 0.3) is 0 Å². The molecule has 0 fully saturated rings. The van der Waals surface area contributed by atoms with Crippen molar-refractivity contribution >= 4 is 22.4 Å². The van der Waals surface area contributed by atoms with Crippen molar-refractivity contribution in [3.8, 4) is 11.5 Å². The summed E-state index contributed by atoms with van der Waals surface area (Å²) in [5.41, 5.74) is 0. The summed E-state index contributed by atoms with van der Waals surface area (Å²) in [7, 11) is -4.58. The molecule has 0 aliphatic heterocycles. The summed E-state index contributed by atoms with van der Waals surface area (Å²) in [6.07, 6.45) is 0. The van der Waals surface area contributed by atoms with Gasteiger partial charge in [-0.2, -0.15) is 12.0 Å². The van der Waals surface area contributed by atoms with Gasteiger partial charge in [0.15, 0.2) is 0 Å². The Kier molecular flexibility index (Phi) is 5.40. The molecule has 0 aromatic heterocycles. The van der Waals surface area contributed by atoms with Crippen LogP contribution < -0.4 is 0 Å². The number of phenolic OH excluding ortho intramolecular Hbond substituents is 2. The molecule has 0 bridgehead atoms. The molecule has 15 heavy (non-hydrogen) atoms. The predicted molar refractivity (Wildman–Crippen MR) is 48.3 cm³/mol. The summed E-state index contributed by atoms with van der Waals surface area (Å²) in [6.45, 7) is 0. The van der Waals surface area contributed by atoms with E-state index in [-0.39, 0.29) is 44.9 Å². The summed E-state index contributed by atoms with van der Waals surface area (Å²) < 4.78 is 32.5. The van der Waals surface area contributed by atoms with Crippen LogP contribution in [0, 0.1) is 0 Å². The van der Waals surface area contributed by atoms with Gasteiger partial charge in [0.2, 0.25) is 0 Å². The second-order valence-corrected chi connectivity index (χ2v) is 4.24. The Morgan fingerprint density at radius 2 is 1.87 bits per heavy atom. The summed E-state index contributed by atoms with van der Waals surface area (Å²) in [5, 5.41) is 18.1. The molecular weight excluding hydrogens is 291 g/mol. The van der Waals surface area contributed by atoms with Gasteiger partial charge in [0, 0.05) is 16.5 Å². The van der Waals surface area contributed by atoms with Crippen LogP contribution in [-0.4, -0.2) is 23.2 Å². The first-order valence-corrected chi connectivity index (χ1v) is 5.35. The van der Waals surface area contributed by atoms with Gasteiger partial charge in [-0.1, -0.05) is 0 Å². The quantitative estimate of drug-likeness (QED) is 0.330. The Labute approximate surface area is 100 Å². The van der Waals surface area contributed by atoms with Crippen LogP contribution in [0.5, 0.6) is 11.5 Å². The first kappa shape index (κ1) is 14.5. The van der Waals surface area contributed by atoms with Crippen molar-refractivity contribution in [3.63, 3.8) is 0 Å². The first-order chi connectivity index (χ1) is 6.38. The van der Waals surface area contributed by atoms with Crippen LogP contribution in [0.1, 0.15) is 0 Å². The van der Waals surface area contributed by atoms with E-state index in [9.17, 15) is 8.42 Å². The van der Waals surface area contributed by atoms with E-state index < -0.39 is 10.4 Å². The molecule has 0 saturated heterocycles. The fourth-order valence-corrected chi connectivity index (χ4v) is 1.61. The van der Waals surface area contributed by atoms with Crippen LogP contribution in [0.4, 0.5) is 0 Å². The minimum Gasteiger partial charge on any atom is -0.508 e. The Morgan fingerprint density at radius 3 is 2.40 bits per heavy atom. The van der Waals surface area contributed by atoms with Crippen molar-refractivity contribution in [2.75, 3.05) is 0 Å². The minimum atomic E-state index is -4.58. The maximum Gasteiger partial charge on any atom is 0.408 e. The standard InChI is InChI=1S/C6H6O6S2.Ni/c7-4-1-2-5(8)6(3-4)13-12-14(9,10)11;/h1-3,7-8H,(H,9,10,11);. The fraction of sp³-hybridized carbons (Fsp3) is 0. The molecule has 0 aliphatic rings. The minimum absolute atomic E-state index is 0. The van der Waals surface area contributed by atoms with Gasteiger partial charge in [0.05, 0.1) is 16.9 Å². The SMILES string of the molecule is O=S(=O)(O)OSc1cc(O)ccc1O.[Ni]. The molecule has 1 rings (SSSR count). The number of hydrogen-bond donors (Lipinski definition) is 3. The topological polar surface area (TPSA) is 104 Å². The third kappa shape index (κ3) is 5.24. The smallest absolute Gasteiger partial charge is 0.408 e. The van der Waals surface area contributed by atoms with Gasteiger partial charge in [-0.25, -0.2) is 0 Å². The van der Waals surface area contributed by atoms with Crippen LogP contribution in [0.3, 0.4) is 0 Å². The number of benzene rings is 1. The van der Waals surface area contributed by atoms with E-state index in [1.807, 2.05) is 0 Å². The van der Waals surface area contributed by atoms with Crippen LogP contribution >= 0.6 is 12.0 Å². The molecule has 0 radical (unpaired) electrons. The summed E-state index contributed by atoms with van der Waals surface area (Å²) in [6, 6.07) is 3.46. The molecule has 9 heteroatoms. The van der Waals surface area contributed by atoms with Crippen molar-refractivity contribution in [2.45, 2.75) is 4.90 Å². The second kappa shape index (κ2) is 5.57. The van der Waals surface area contributed by atoms with Crippen LogP contribution in [0.2, 0.25) is 0 Å². The number of hydrogen-bond acceptors (Lipinski definition) is 6. The monoisotopic (exact) mass is 296 g/mol. The van der Waals surface area contributed by atoms with E-state index in [1.54, 1.807) is 0 Å². The van der Waals surface area contributed by atoms with Gasteiger partial charge < -0.3 is 10.2 Å². The van der Waals surface area contributed by atoms with Crippen molar-refractivity contribution < 1.29 is 43.3 Å². The molecule has 0 atom stereocenters. The molecule has 1 aromatic rings. The molecule has 0 spiro atoms. The first-order valence-electron chi connectivity index (χ1n) is 3.24. The Bertz CT molecular complexity index is 431. The largest absolute Gasteiger partial charge is 0.508 e. The van der Waals surface area contributed by atoms with Gasteiger partial charge in [0.25, 0.3) is 0 Å². The van der Waals surface area contributed by atoms with E-state index in [4.69, 9.17) is 14.8 Å². The maximum absolute atomic E-state index is 10.2. The Morgan fingerprint density at radius 1 is 1.27 bits per heavy atom. The average molecular weight is 297 g/mol. The van der Waals surface area contributed by atoms with Gasteiger partial charge in [-0.05, 0) is 18.2 Å². The van der Waals surface area contributed by atoms with Crippen molar-refractivity contribution in [1.29, 1.82) is 0 Å². The van der Waals surface area contributed by atoms with Crippen molar-refractivity contribution in [1.82, 2.24) is 0 Å². The van der Waals surface area contributed by atoms with Crippen LogP contribution in [-0.2, 0) is 30.5 Å². The van der Waals surface area contributed by atoms with Crippen molar-refractivity contribution in [2.24, 2.45) is 0 Å². The van der Waals surface area contributed by atoms with E-state index in [0.717, 1.165) is 12.1 Å². The van der Waals surface area contributed by atoms with Gasteiger partial charge in [-0.3, -0.25) is 4.55 Å². The van der Waals surface area contributed by atoms with E-state index in [2.05, 4.69) is 3.63 Å². The van der Waals surface area contributed by atoms with Gasteiger partial charge in [0.1, 0.15) is 11.5 Å². The fourth-order valence-electron chi connectivity index (χ4n) is 0.649. The Hall–Kier alpha value is -0.466. The zero-order valence-corrected chi connectivity index (χ0v) is 9.55. The molecule has 88 valence electrons. The Balaban J connectivity index is 0.00000196. The van der Waals surface area contributed by atoms with Crippen LogP contribution in [0.15, 0.2) is 23.1 Å². The van der Waals surface area contributed by atoms with E-state index >= 15 is 0 Å². The third-order valence-electron chi connectivity index (χ3n) is 1.15. The number of aromatic hydroxyl groups is 2. The molecule has 0 unspecified atom stereocenters. The molecule has 3 N–H and O–H groups in total. The average Bonchev–Trinajstić information content (AvgIpc) is 2.05. The normalized spacial score (nSPS) is 10.7. The third-order valence-corrected chi connectivity index (χ3v) is 2.62. The summed E-state index contributed by atoms with van der Waals surface area (Å²) in [5.74, 6) is -0.430. The van der Waals surface area contributed by atoms with E-state index in [1.165, 1.54) is 6.07 Å². The molecule has 1 aromatic carbocycles. The molecule has 0 amide bonds. The van der Waals surface area contributed by atoms with Crippen molar-refractivity contribution in [3.05, 3.63) is 18.2 Å². The molecule has 0 saturated carbocycles. The zero-order valence-electron chi connectivity index (χ0n) is 6.93.